The van der Waals surface area contributed by atoms with Gasteiger partial charge in [-0.25, -0.2) is 9.97 Å². The Morgan fingerprint density at radius 3 is 2.90 bits per heavy atom. The number of aromatic nitrogens is 3. The Morgan fingerprint density at radius 1 is 1.55 bits per heavy atom. The summed E-state index contributed by atoms with van der Waals surface area (Å²) in [6.07, 6.45) is 5.40. The zero-order chi connectivity index (χ0) is 14.7. The summed E-state index contributed by atoms with van der Waals surface area (Å²) in [6, 6.07) is 0. The van der Waals surface area contributed by atoms with Crippen molar-refractivity contribution in [1.82, 2.24) is 14.4 Å². The second-order valence-corrected chi connectivity index (χ2v) is 5.10. The standard InChI is InChI=1S/C13H20N6O/c1-9(2)6-19(7-10(14)20)13-12-16-4-5-18(12)8-11(15-3)17-13/h4-5,8-9,15H,6-7H2,1-3H3,(H2,14,20). The number of imidazole rings is 1. The van der Waals surface area contributed by atoms with Crippen LogP contribution in [-0.4, -0.2) is 40.4 Å². The quantitative estimate of drug-likeness (QED) is 0.811. The number of anilines is 2. The number of rotatable bonds is 6. The van der Waals surface area contributed by atoms with E-state index in [1.54, 1.807) is 13.2 Å². The van der Waals surface area contributed by atoms with Crippen molar-refractivity contribution in [2.24, 2.45) is 11.7 Å². The van der Waals surface area contributed by atoms with Crippen molar-refractivity contribution in [2.45, 2.75) is 13.8 Å². The smallest absolute Gasteiger partial charge is 0.237 e. The van der Waals surface area contributed by atoms with Crippen molar-refractivity contribution >= 4 is 23.2 Å². The van der Waals surface area contributed by atoms with Crippen LogP contribution in [0, 0.1) is 5.92 Å². The van der Waals surface area contributed by atoms with Crippen molar-refractivity contribution in [3.63, 3.8) is 0 Å². The van der Waals surface area contributed by atoms with Gasteiger partial charge >= 0.3 is 0 Å². The minimum atomic E-state index is -0.382. The van der Waals surface area contributed by atoms with Gasteiger partial charge in [-0.05, 0) is 5.92 Å². The molecule has 2 heterocycles. The molecule has 0 saturated heterocycles. The highest BCUT2D eigenvalue weighted by Gasteiger charge is 2.17. The van der Waals surface area contributed by atoms with Crippen molar-refractivity contribution in [2.75, 3.05) is 30.4 Å². The maximum Gasteiger partial charge on any atom is 0.237 e. The van der Waals surface area contributed by atoms with E-state index in [9.17, 15) is 4.79 Å². The van der Waals surface area contributed by atoms with Gasteiger partial charge < -0.3 is 20.4 Å². The monoisotopic (exact) mass is 276 g/mol. The third-order valence-corrected chi connectivity index (χ3v) is 2.84. The van der Waals surface area contributed by atoms with Gasteiger partial charge in [-0.15, -0.1) is 0 Å². The van der Waals surface area contributed by atoms with E-state index in [-0.39, 0.29) is 12.5 Å². The van der Waals surface area contributed by atoms with Crippen LogP contribution in [0.3, 0.4) is 0 Å². The minimum Gasteiger partial charge on any atom is -0.372 e. The fourth-order valence-electron chi connectivity index (χ4n) is 2.10. The molecule has 3 N–H and O–H groups in total. The Kier molecular flexibility index (Phi) is 4.07. The van der Waals surface area contributed by atoms with E-state index >= 15 is 0 Å². The number of fused-ring (bicyclic) bond motifs is 1. The molecule has 0 atom stereocenters. The molecule has 2 aromatic heterocycles. The molecule has 0 aliphatic heterocycles. The summed E-state index contributed by atoms with van der Waals surface area (Å²) in [4.78, 5) is 22.0. The van der Waals surface area contributed by atoms with Crippen LogP contribution in [0.15, 0.2) is 18.6 Å². The van der Waals surface area contributed by atoms with Crippen LogP contribution in [0.4, 0.5) is 11.6 Å². The number of carbonyl (C=O) groups is 1. The Labute approximate surface area is 117 Å². The van der Waals surface area contributed by atoms with E-state index in [4.69, 9.17) is 5.73 Å². The Balaban J connectivity index is 2.49. The van der Waals surface area contributed by atoms with Gasteiger partial charge in [-0.2, -0.15) is 0 Å². The van der Waals surface area contributed by atoms with Gasteiger partial charge in [0, 0.05) is 26.0 Å². The first-order chi connectivity index (χ1) is 9.51. The molecule has 2 rings (SSSR count). The summed E-state index contributed by atoms with van der Waals surface area (Å²) in [5.74, 6) is 1.37. The molecule has 0 bridgehead atoms. The molecule has 0 aromatic carbocycles. The van der Waals surface area contributed by atoms with Crippen LogP contribution in [0.25, 0.3) is 5.65 Å². The maximum absolute atomic E-state index is 11.3. The van der Waals surface area contributed by atoms with Crippen molar-refractivity contribution in [3.05, 3.63) is 18.6 Å². The van der Waals surface area contributed by atoms with Crippen LogP contribution in [0.1, 0.15) is 13.8 Å². The predicted octanol–water partition coefficient (Wildman–Crippen LogP) is 0.719. The molecule has 7 heteroatoms. The zero-order valence-electron chi connectivity index (χ0n) is 12.0. The Morgan fingerprint density at radius 2 is 2.30 bits per heavy atom. The van der Waals surface area contributed by atoms with Gasteiger partial charge in [-0.3, -0.25) is 4.79 Å². The van der Waals surface area contributed by atoms with E-state index in [1.165, 1.54) is 0 Å². The molecule has 7 nitrogen and oxygen atoms in total. The summed E-state index contributed by atoms with van der Waals surface area (Å²) >= 11 is 0. The lowest BCUT2D eigenvalue weighted by molar-refractivity contribution is -0.116. The minimum absolute atomic E-state index is 0.126. The van der Waals surface area contributed by atoms with E-state index in [0.717, 1.165) is 0 Å². The van der Waals surface area contributed by atoms with Gasteiger partial charge in [0.05, 0.1) is 12.7 Å². The summed E-state index contributed by atoms with van der Waals surface area (Å²) in [7, 11) is 1.80. The number of nitrogens with two attached hydrogens (primary N) is 1. The van der Waals surface area contributed by atoms with E-state index in [0.29, 0.717) is 29.7 Å². The van der Waals surface area contributed by atoms with Crippen molar-refractivity contribution < 1.29 is 4.79 Å². The lowest BCUT2D eigenvalue weighted by Crippen LogP contribution is -2.37. The van der Waals surface area contributed by atoms with E-state index < -0.39 is 0 Å². The molecular weight excluding hydrogens is 256 g/mol. The molecule has 0 unspecified atom stereocenters. The molecule has 2 aromatic rings. The van der Waals surface area contributed by atoms with Crippen LogP contribution < -0.4 is 16.0 Å². The van der Waals surface area contributed by atoms with Crippen LogP contribution in [0.2, 0.25) is 0 Å². The van der Waals surface area contributed by atoms with E-state index in [1.807, 2.05) is 21.7 Å². The average Bonchev–Trinajstić information content (AvgIpc) is 2.83. The first kappa shape index (κ1) is 14.1. The fourth-order valence-corrected chi connectivity index (χ4v) is 2.10. The lowest BCUT2D eigenvalue weighted by atomic mass is 10.2. The number of amides is 1. The molecule has 0 saturated carbocycles. The number of hydrogen-bond acceptors (Lipinski definition) is 5. The largest absolute Gasteiger partial charge is 0.372 e. The molecule has 0 fully saturated rings. The fraction of sp³-hybridized carbons (Fsp3) is 0.462. The summed E-state index contributed by atoms with van der Waals surface area (Å²) in [6.45, 7) is 4.98. The normalized spacial score (nSPS) is 11.0. The van der Waals surface area contributed by atoms with Crippen LogP contribution >= 0.6 is 0 Å². The number of carbonyl (C=O) groups excluding carboxylic acids is 1. The Bertz CT molecular complexity index is 606. The highest BCUT2D eigenvalue weighted by atomic mass is 16.1. The molecule has 0 aliphatic carbocycles. The average molecular weight is 276 g/mol. The van der Waals surface area contributed by atoms with Crippen LogP contribution in [-0.2, 0) is 4.79 Å². The number of nitrogens with zero attached hydrogens (tertiary/aromatic N) is 4. The molecule has 0 aliphatic rings. The second-order valence-electron chi connectivity index (χ2n) is 5.10. The predicted molar refractivity (Wildman–Crippen MR) is 78.8 cm³/mol. The van der Waals surface area contributed by atoms with Gasteiger partial charge in [0.2, 0.25) is 5.91 Å². The number of nitrogens with one attached hydrogen (secondary N) is 1. The molecule has 0 spiro atoms. The SMILES string of the molecule is CNc1cn2ccnc2c(N(CC(N)=O)CC(C)C)n1. The molecule has 0 radical (unpaired) electrons. The molecular formula is C13H20N6O. The van der Waals surface area contributed by atoms with Crippen molar-refractivity contribution in [1.29, 1.82) is 0 Å². The molecule has 108 valence electrons. The highest BCUT2D eigenvalue weighted by molar-refractivity contribution is 5.81. The summed E-state index contributed by atoms with van der Waals surface area (Å²) in [5, 5.41) is 3.01. The van der Waals surface area contributed by atoms with Gasteiger partial charge in [0.1, 0.15) is 5.82 Å². The first-order valence-corrected chi connectivity index (χ1v) is 6.56. The molecule has 1 amide bonds. The van der Waals surface area contributed by atoms with Gasteiger partial charge in [0.15, 0.2) is 11.5 Å². The van der Waals surface area contributed by atoms with Crippen LogP contribution in [0.5, 0.6) is 0 Å². The molecule has 20 heavy (non-hydrogen) atoms. The topological polar surface area (TPSA) is 88.5 Å². The Hall–Kier alpha value is -2.31. The number of primary amides is 1. The maximum atomic E-state index is 11.3. The first-order valence-electron chi connectivity index (χ1n) is 6.56. The highest BCUT2D eigenvalue weighted by Crippen LogP contribution is 2.21. The van der Waals surface area contributed by atoms with Gasteiger partial charge in [-0.1, -0.05) is 13.8 Å². The number of hydrogen-bond donors (Lipinski definition) is 2. The third-order valence-electron chi connectivity index (χ3n) is 2.84. The van der Waals surface area contributed by atoms with Gasteiger partial charge in [0.25, 0.3) is 0 Å². The third kappa shape index (κ3) is 2.98. The summed E-state index contributed by atoms with van der Waals surface area (Å²) < 4.78 is 1.88. The van der Waals surface area contributed by atoms with Crippen molar-refractivity contribution in [3.8, 4) is 0 Å². The summed E-state index contributed by atoms with van der Waals surface area (Å²) in [5.41, 5.74) is 6.06. The zero-order valence-corrected chi connectivity index (χ0v) is 12.0. The lowest BCUT2D eigenvalue weighted by Gasteiger charge is -2.24. The second kappa shape index (κ2) is 5.77. The van der Waals surface area contributed by atoms with E-state index in [2.05, 4.69) is 29.1 Å².